The molecule has 2 heterocycles. The molecule has 0 spiro atoms. The molecule has 5 rings (SSSR count). The van der Waals surface area contributed by atoms with Crippen molar-refractivity contribution in [2.24, 2.45) is 4.99 Å². The van der Waals surface area contributed by atoms with Crippen LogP contribution < -0.4 is 24.4 Å². The first-order chi connectivity index (χ1) is 20.7. The van der Waals surface area contributed by atoms with Gasteiger partial charge in [0.15, 0.2) is 4.80 Å². The van der Waals surface area contributed by atoms with Crippen LogP contribution in [0.15, 0.2) is 86.2 Å². The Hall–Kier alpha value is -4.17. The first-order valence-electron chi connectivity index (χ1n) is 13.2. The molecule has 1 aliphatic heterocycles. The fraction of sp³-hybridized carbons (Fsp3) is 0.188. The largest absolute Gasteiger partial charge is 0.496 e. The van der Waals surface area contributed by atoms with E-state index in [0.717, 1.165) is 10.0 Å². The molecule has 0 fully saturated rings. The number of benzene rings is 3. The van der Waals surface area contributed by atoms with Gasteiger partial charge in [0, 0.05) is 20.6 Å². The molecular formula is C32H25BrClN3O5S. The molecule has 0 N–H and O–H groups in total. The van der Waals surface area contributed by atoms with Gasteiger partial charge in [0.1, 0.15) is 24.1 Å². The maximum atomic E-state index is 14.1. The summed E-state index contributed by atoms with van der Waals surface area (Å²) in [5, 5.41) is 9.53. The Morgan fingerprint density at radius 2 is 1.91 bits per heavy atom. The van der Waals surface area contributed by atoms with Crippen molar-refractivity contribution >= 4 is 50.9 Å². The number of ether oxygens (including phenoxy) is 3. The van der Waals surface area contributed by atoms with Crippen molar-refractivity contribution in [2.75, 3.05) is 13.7 Å². The number of rotatable bonds is 8. The number of hydrogen-bond acceptors (Lipinski definition) is 8. The van der Waals surface area contributed by atoms with Crippen LogP contribution in [-0.4, -0.2) is 24.3 Å². The van der Waals surface area contributed by atoms with E-state index in [1.807, 2.05) is 24.3 Å². The Morgan fingerprint density at radius 1 is 1.16 bits per heavy atom. The zero-order valence-electron chi connectivity index (χ0n) is 23.4. The molecule has 3 aromatic carbocycles. The zero-order chi connectivity index (χ0) is 30.7. The maximum absolute atomic E-state index is 14.1. The number of carbonyl (C=O) groups is 1. The third-order valence-electron chi connectivity index (χ3n) is 6.74. The number of halogens is 2. The highest BCUT2D eigenvalue weighted by molar-refractivity contribution is 9.10. The van der Waals surface area contributed by atoms with Crippen molar-refractivity contribution < 1.29 is 19.0 Å². The van der Waals surface area contributed by atoms with Crippen LogP contribution in [0.5, 0.6) is 11.5 Å². The molecule has 0 amide bonds. The van der Waals surface area contributed by atoms with Gasteiger partial charge in [-0.15, -0.1) is 0 Å². The van der Waals surface area contributed by atoms with Crippen LogP contribution in [-0.2, 0) is 16.1 Å². The van der Waals surface area contributed by atoms with Crippen LogP contribution in [0.2, 0.25) is 5.02 Å². The fourth-order valence-electron chi connectivity index (χ4n) is 4.75. The first-order valence-corrected chi connectivity index (χ1v) is 15.2. The third kappa shape index (κ3) is 6.30. The molecule has 8 nitrogen and oxygen atoms in total. The number of allylic oxidation sites excluding steroid dienone is 1. The monoisotopic (exact) mass is 677 g/mol. The van der Waals surface area contributed by atoms with Gasteiger partial charge in [-0.2, -0.15) is 5.26 Å². The minimum absolute atomic E-state index is 0.169. The minimum Gasteiger partial charge on any atom is -0.496 e. The molecule has 1 aromatic heterocycles. The second-order valence-electron chi connectivity index (χ2n) is 9.47. The van der Waals surface area contributed by atoms with E-state index in [1.54, 1.807) is 56.3 Å². The fourth-order valence-corrected chi connectivity index (χ4v) is 6.34. The lowest BCUT2D eigenvalue weighted by Gasteiger charge is -2.26. The summed E-state index contributed by atoms with van der Waals surface area (Å²) in [7, 11) is 1.54. The summed E-state index contributed by atoms with van der Waals surface area (Å²) in [6.45, 7) is 3.87. The van der Waals surface area contributed by atoms with E-state index in [9.17, 15) is 9.59 Å². The number of hydrogen-bond donors (Lipinski definition) is 0. The lowest BCUT2D eigenvalue weighted by atomic mass is 9.95. The minimum atomic E-state index is -0.837. The van der Waals surface area contributed by atoms with Crippen LogP contribution in [0.1, 0.15) is 42.1 Å². The van der Waals surface area contributed by atoms with Gasteiger partial charge < -0.3 is 14.2 Å². The Balaban J connectivity index is 1.64. The highest BCUT2D eigenvalue weighted by atomic mass is 79.9. The maximum Gasteiger partial charge on any atom is 0.338 e. The van der Waals surface area contributed by atoms with Crippen LogP contribution in [0.3, 0.4) is 0 Å². The van der Waals surface area contributed by atoms with Crippen LogP contribution in [0.4, 0.5) is 0 Å². The number of nitriles is 1. The van der Waals surface area contributed by atoms with Gasteiger partial charge in [-0.1, -0.05) is 51.0 Å². The molecule has 0 saturated heterocycles. The summed E-state index contributed by atoms with van der Waals surface area (Å²) >= 11 is 11.1. The van der Waals surface area contributed by atoms with Crippen LogP contribution in [0, 0.1) is 11.3 Å². The van der Waals surface area contributed by atoms with Crippen molar-refractivity contribution in [3.8, 4) is 17.6 Å². The summed E-state index contributed by atoms with van der Waals surface area (Å²) < 4.78 is 19.8. The van der Waals surface area contributed by atoms with E-state index < -0.39 is 12.0 Å². The Morgan fingerprint density at radius 3 is 2.60 bits per heavy atom. The van der Waals surface area contributed by atoms with Crippen molar-refractivity contribution in [3.05, 3.63) is 123 Å². The van der Waals surface area contributed by atoms with Crippen molar-refractivity contribution in [1.29, 1.82) is 5.26 Å². The van der Waals surface area contributed by atoms with E-state index in [2.05, 4.69) is 27.0 Å². The molecule has 0 unspecified atom stereocenters. The molecule has 43 heavy (non-hydrogen) atoms. The Labute approximate surface area is 264 Å². The van der Waals surface area contributed by atoms with Crippen molar-refractivity contribution in [1.82, 2.24) is 4.57 Å². The predicted molar refractivity (Wildman–Crippen MR) is 168 cm³/mol. The van der Waals surface area contributed by atoms with Gasteiger partial charge in [0.2, 0.25) is 0 Å². The number of fused-ring (bicyclic) bond motifs is 1. The molecule has 0 bridgehead atoms. The highest BCUT2D eigenvalue weighted by Crippen LogP contribution is 2.37. The van der Waals surface area contributed by atoms with Gasteiger partial charge in [0.05, 0.1) is 41.2 Å². The predicted octanol–water partition coefficient (Wildman–Crippen LogP) is 5.67. The Bertz CT molecular complexity index is 1980. The number of nitrogens with zero attached hydrogens (tertiary/aromatic N) is 3. The second kappa shape index (κ2) is 13.0. The first kappa shape index (κ1) is 30.3. The van der Waals surface area contributed by atoms with Gasteiger partial charge in [-0.3, -0.25) is 9.36 Å². The lowest BCUT2D eigenvalue weighted by Crippen LogP contribution is -2.40. The lowest BCUT2D eigenvalue weighted by molar-refractivity contribution is -0.139. The van der Waals surface area contributed by atoms with Gasteiger partial charge >= 0.3 is 5.97 Å². The van der Waals surface area contributed by atoms with E-state index in [4.69, 9.17) is 31.1 Å². The SMILES string of the molecule is CCOC(=O)C1=C(C)N=c2s/c(=C\c3cc(Cl)ccc3OCc3ccc(C#N)cc3)c(=O)n2[C@@H]1c1cc(Br)ccc1OC. The molecule has 0 aliphatic carbocycles. The summed E-state index contributed by atoms with van der Waals surface area (Å²) in [6, 6.07) is 19.0. The van der Waals surface area contributed by atoms with E-state index in [1.165, 1.54) is 23.0 Å². The molecule has 11 heteroatoms. The zero-order valence-corrected chi connectivity index (χ0v) is 26.5. The van der Waals surface area contributed by atoms with Crippen molar-refractivity contribution in [2.45, 2.75) is 26.5 Å². The van der Waals surface area contributed by atoms with E-state index >= 15 is 0 Å². The Kier molecular flexibility index (Phi) is 9.16. The molecule has 0 radical (unpaired) electrons. The van der Waals surface area contributed by atoms with Gasteiger partial charge in [0.25, 0.3) is 5.56 Å². The van der Waals surface area contributed by atoms with Crippen LogP contribution in [0.25, 0.3) is 6.08 Å². The van der Waals surface area contributed by atoms with Gasteiger partial charge in [-0.05, 0) is 74.0 Å². The smallest absolute Gasteiger partial charge is 0.338 e. The number of esters is 1. The summed E-state index contributed by atoms with van der Waals surface area (Å²) in [5.41, 5.74) is 3.01. The topological polar surface area (TPSA) is 103 Å². The summed E-state index contributed by atoms with van der Waals surface area (Å²) in [4.78, 5) is 32.4. The molecule has 218 valence electrons. The normalized spacial score (nSPS) is 14.5. The van der Waals surface area contributed by atoms with E-state index in [-0.39, 0.29) is 24.3 Å². The molecule has 0 saturated carbocycles. The summed E-state index contributed by atoms with van der Waals surface area (Å²) in [5.74, 6) is 0.471. The van der Waals surface area contributed by atoms with Crippen LogP contribution >= 0.6 is 38.9 Å². The van der Waals surface area contributed by atoms with Gasteiger partial charge in [-0.25, -0.2) is 9.79 Å². The summed E-state index contributed by atoms with van der Waals surface area (Å²) in [6.07, 6.45) is 1.71. The molecule has 1 atom stereocenters. The quantitative estimate of drug-likeness (QED) is 0.223. The highest BCUT2D eigenvalue weighted by Gasteiger charge is 2.35. The van der Waals surface area contributed by atoms with Crippen molar-refractivity contribution in [3.63, 3.8) is 0 Å². The van der Waals surface area contributed by atoms with E-state index in [0.29, 0.717) is 48.2 Å². The third-order valence-corrected chi connectivity index (χ3v) is 8.45. The standard InChI is InChI=1S/C32H25BrClN3O5S/c1-4-41-31(39)28-18(2)36-32-37(29(28)24-15-22(33)9-11-26(24)40-3)30(38)27(43-32)14-21-13-23(34)10-12-25(21)42-17-20-7-5-19(16-35)6-8-20/h5-15,29H,4,17H2,1-3H3/b27-14-/t29-/m1/s1. The number of aromatic nitrogens is 1. The number of methoxy groups -OCH3 is 1. The average Bonchev–Trinajstić information content (AvgIpc) is 3.30. The molecule has 4 aromatic rings. The number of thiazole rings is 1. The second-order valence-corrected chi connectivity index (χ2v) is 11.8. The number of carbonyl (C=O) groups excluding carboxylic acids is 1. The molecule has 1 aliphatic rings. The molecular weight excluding hydrogens is 654 g/mol. The average molecular weight is 679 g/mol.